The van der Waals surface area contributed by atoms with E-state index in [1.54, 1.807) is 6.26 Å². The van der Waals surface area contributed by atoms with Crippen LogP contribution in [0.3, 0.4) is 0 Å². The summed E-state index contributed by atoms with van der Waals surface area (Å²) >= 11 is 5.88. The maximum atomic E-state index is 5.88. The van der Waals surface area contributed by atoms with Gasteiger partial charge < -0.3 is 10.2 Å². The molecule has 1 atom stereocenters. The van der Waals surface area contributed by atoms with Gasteiger partial charge in [-0.1, -0.05) is 11.6 Å². The molecule has 0 spiro atoms. The number of halogens is 2. The molecule has 1 saturated heterocycles. The van der Waals surface area contributed by atoms with Gasteiger partial charge >= 0.3 is 0 Å². The molecule has 6 heteroatoms. The summed E-state index contributed by atoms with van der Waals surface area (Å²) in [6.45, 7) is 3.74. The SMILES string of the molecule is Cl.NCC1CCN(Cc2coc(-c3ccc(Cl)cc3)n2)C1. The third kappa shape index (κ3) is 3.98. The number of rotatable bonds is 4. The van der Waals surface area contributed by atoms with Crippen LogP contribution in [-0.4, -0.2) is 29.5 Å². The van der Waals surface area contributed by atoms with Gasteiger partial charge in [-0.3, -0.25) is 4.90 Å². The summed E-state index contributed by atoms with van der Waals surface area (Å²) in [6, 6.07) is 7.51. The molecule has 0 radical (unpaired) electrons. The molecule has 3 rings (SSSR count). The van der Waals surface area contributed by atoms with Crippen molar-refractivity contribution in [3.63, 3.8) is 0 Å². The van der Waals surface area contributed by atoms with Gasteiger partial charge in [0.15, 0.2) is 0 Å². The van der Waals surface area contributed by atoms with Crippen molar-refractivity contribution >= 4 is 24.0 Å². The van der Waals surface area contributed by atoms with Gasteiger partial charge in [-0.2, -0.15) is 0 Å². The Morgan fingerprint density at radius 2 is 2.10 bits per heavy atom. The molecule has 1 aliphatic rings. The van der Waals surface area contributed by atoms with Crippen LogP contribution < -0.4 is 5.73 Å². The van der Waals surface area contributed by atoms with Gasteiger partial charge in [0.05, 0.1) is 5.69 Å². The van der Waals surface area contributed by atoms with Gasteiger partial charge in [-0.25, -0.2) is 4.98 Å². The van der Waals surface area contributed by atoms with Crippen molar-refractivity contribution in [2.75, 3.05) is 19.6 Å². The van der Waals surface area contributed by atoms with Crippen molar-refractivity contribution in [3.8, 4) is 11.5 Å². The molecule has 1 aromatic heterocycles. The maximum absolute atomic E-state index is 5.88. The lowest BCUT2D eigenvalue weighted by Gasteiger charge is -2.13. The molecule has 21 heavy (non-hydrogen) atoms. The Labute approximate surface area is 135 Å². The van der Waals surface area contributed by atoms with E-state index in [1.165, 1.54) is 6.42 Å². The Morgan fingerprint density at radius 1 is 1.33 bits per heavy atom. The summed E-state index contributed by atoms with van der Waals surface area (Å²) in [5.41, 5.74) is 7.62. The zero-order valence-corrected chi connectivity index (χ0v) is 13.2. The normalized spacial score (nSPS) is 18.7. The highest BCUT2D eigenvalue weighted by molar-refractivity contribution is 6.30. The quantitative estimate of drug-likeness (QED) is 0.936. The fraction of sp³-hybridized carbons (Fsp3) is 0.400. The second-order valence-corrected chi connectivity index (χ2v) is 5.71. The largest absolute Gasteiger partial charge is 0.444 e. The second kappa shape index (κ2) is 7.27. The lowest BCUT2D eigenvalue weighted by molar-refractivity contribution is 0.313. The van der Waals surface area contributed by atoms with Crippen LogP contribution >= 0.6 is 24.0 Å². The molecule has 1 aliphatic heterocycles. The van der Waals surface area contributed by atoms with E-state index in [0.717, 1.165) is 37.4 Å². The molecule has 0 amide bonds. The Bertz CT molecular complexity index is 571. The zero-order valence-electron chi connectivity index (χ0n) is 11.7. The summed E-state index contributed by atoms with van der Waals surface area (Å²) in [7, 11) is 0. The monoisotopic (exact) mass is 327 g/mol. The topological polar surface area (TPSA) is 55.3 Å². The molecular formula is C15H19Cl2N3O. The molecule has 2 N–H and O–H groups in total. The highest BCUT2D eigenvalue weighted by atomic mass is 35.5. The minimum atomic E-state index is 0. The van der Waals surface area contributed by atoms with Crippen LogP contribution in [0, 0.1) is 5.92 Å². The Hall–Kier alpha value is -1.07. The van der Waals surface area contributed by atoms with Crippen molar-refractivity contribution in [1.29, 1.82) is 0 Å². The van der Waals surface area contributed by atoms with E-state index in [9.17, 15) is 0 Å². The smallest absolute Gasteiger partial charge is 0.226 e. The van der Waals surface area contributed by atoms with Gasteiger partial charge in [0.25, 0.3) is 0 Å². The highest BCUT2D eigenvalue weighted by Gasteiger charge is 2.22. The van der Waals surface area contributed by atoms with Crippen LogP contribution in [0.4, 0.5) is 0 Å². The summed E-state index contributed by atoms with van der Waals surface area (Å²) in [6.07, 6.45) is 2.91. The Kier molecular flexibility index (Phi) is 5.65. The minimum Gasteiger partial charge on any atom is -0.444 e. The predicted octanol–water partition coefficient (Wildman–Crippen LogP) is 3.20. The van der Waals surface area contributed by atoms with Crippen LogP contribution in [-0.2, 0) is 6.54 Å². The molecule has 1 aromatic carbocycles. The lowest BCUT2D eigenvalue weighted by Crippen LogP contribution is -2.22. The molecule has 1 unspecified atom stereocenters. The highest BCUT2D eigenvalue weighted by Crippen LogP contribution is 2.22. The maximum Gasteiger partial charge on any atom is 0.226 e. The number of likely N-dealkylation sites (tertiary alicyclic amines) is 1. The summed E-state index contributed by atoms with van der Waals surface area (Å²) in [4.78, 5) is 6.92. The van der Waals surface area contributed by atoms with E-state index in [-0.39, 0.29) is 12.4 Å². The molecule has 2 heterocycles. The van der Waals surface area contributed by atoms with Gasteiger partial charge in [-0.15, -0.1) is 12.4 Å². The summed E-state index contributed by atoms with van der Waals surface area (Å²) < 4.78 is 5.55. The van der Waals surface area contributed by atoms with Crippen molar-refractivity contribution in [1.82, 2.24) is 9.88 Å². The number of hydrogen-bond donors (Lipinski definition) is 1. The molecule has 0 saturated carbocycles. The van der Waals surface area contributed by atoms with E-state index in [4.69, 9.17) is 21.8 Å². The molecular weight excluding hydrogens is 309 g/mol. The summed E-state index contributed by atoms with van der Waals surface area (Å²) in [5, 5.41) is 0.713. The zero-order chi connectivity index (χ0) is 13.9. The van der Waals surface area contributed by atoms with E-state index in [2.05, 4.69) is 9.88 Å². The van der Waals surface area contributed by atoms with E-state index < -0.39 is 0 Å². The molecule has 4 nitrogen and oxygen atoms in total. The fourth-order valence-electron chi connectivity index (χ4n) is 2.58. The van der Waals surface area contributed by atoms with Gasteiger partial charge in [-0.05, 0) is 49.7 Å². The minimum absolute atomic E-state index is 0. The number of nitrogens with zero attached hydrogens (tertiary/aromatic N) is 2. The summed E-state index contributed by atoms with van der Waals surface area (Å²) in [5.74, 6) is 1.27. The predicted molar refractivity (Wildman–Crippen MR) is 86.6 cm³/mol. The van der Waals surface area contributed by atoms with Crippen molar-refractivity contribution in [3.05, 3.63) is 41.2 Å². The number of aromatic nitrogens is 1. The van der Waals surface area contributed by atoms with Crippen molar-refractivity contribution < 1.29 is 4.42 Å². The molecule has 2 aromatic rings. The fourth-order valence-corrected chi connectivity index (χ4v) is 2.71. The van der Waals surface area contributed by atoms with Crippen LogP contribution in [0.15, 0.2) is 34.9 Å². The van der Waals surface area contributed by atoms with E-state index in [0.29, 0.717) is 16.8 Å². The average Bonchev–Trinajstić information content (AvgIpc) is 3.09. The van der Waals surface area contributed by atoms with Gasteiger partial charge in [0.1, 0.15) is 6.26 Å². The van der Waals surface area contributed by atoms with Crippen LogP contribution in [0.5, 0.6) is 0 Å². The molecule has 114 valence electrons. The van der Waals surface area contributed by atoms with E-state index in [1.807, 2.05) is 24.3 Å². The molecule has 1 fully saturated rings. The van der Waals surface area contributed by atoms with Crippen molar-refractivity contribution in [2.24, 2.45) is 11.7 Å². The number of nitrogens with two attached hydrogens (primary N) is 1. The third-order valence-electron chi connectivity index (χ3n) is 3.73. The van der Waals surface area contributed by atoms with Gasteiger partial charge in [0.2, 0.25) is 5.89 Å². The van der Waals surface area contributed by atoms with Crippen molar-refractivity contribution in [2.45, 2.75) is 13.0 Å². The first-order valence-corrected chi connectivity index (χ1v) is 7.25. The lowest BCUT2D eigenvalue weighted by atomic mass is 10.1. The second-order valence-electron chi connectivity index (χ2n) is 5.28. The number of oxazole rings is 1. The Balaban J connectivity index is 0.00000161. The first-order chi connectivity index (χ1) is 9.74. The van der Waals surface area contributed by atoms with Crippen LogP contribution in [0.25, 0.3) is 11.5 Å². The standard InChI is InChI=1S/C15H18ClN3O.ClH/c16-13-3-1-12(2-4-13)15-18-14(10-20-15)9-19-6-5-11(7-17)8-19;/h1-4,10-11H,5-9,17H2;1H. The van der Waals surface area contributed by atoms with E-state index >= 15 is 0 Å². The molecule has 0 bridgehead atoms. The molecule has 0 aliphatic carbocycles. The Morgan fingerprint density at radius 3 is 2.76 bits per heavy atom. The van der Waals surface area contributed by atoms with Crippen LogP contribution in [0.1, 0.15) is 12.1 Å². The first-order valence-electron chi connectivity index (χ1n) is 6.87. The van der Waals surface area contributed by atoms with Crippen LogP contribution in [0.2, 0.25) is 5.02 Å². The average molecular weight is 328 g/mol. The van der Waals surface area contributed by atoms with Gasteiger partial charge in [0, 0.05) is 23.7 Å². The third-order valence-corrected chi connectivity index (χ3v) is 3.98. The first kappa shape index (κ1) is 16.3. The number of benzene rings is 1. The number of hydrogen-bond acceptors (Lipinski definition) is 4.